The van der Waals surface area contributed by atoms with Gasteiger partial charge >= 0.3 is 5.97 Å². The van der Waals surface area contributed by atoms with E-state index in [1.807, 2.05) is 0 Å². The molecule has 0 radical (unpaired) electrons. The summed E-state index contributed by atoms with van der Waals surface area (Å²) >= 11 is 0. The number of carbonyl (C=O) groups is 2. The Bertz CT molecular complexity index is 340. The molecule has 0 aliphatic carbocycles. The highest BCUT2D eigenvalue weighted by Gasteiger charge is 2.38. The van der Waals surface area contributed by atoms with Crippen LogP contribution in [0.4, 0.5) is 0 Å². The lowest BCUT2D eigenvalue weighted by atomic mass is 9.88. The maximum absolute atomic E-state index is 12.5. The third kappa shape index (κ3) is 3.26. The Hall–Kier alpha value is -1.10. The minimum atomic E-state index is -0.859. The van der Waals surface area contributed by atoms with E-state index in [2.05, 4.69) is 12.2 Å². The summed E-state index contributed by atoms with van der Waals surface area (Å²) in [5, 5.41) is 12.6. The van der Waals surface area contributed by atoms with E-state index >= 15 is 0 Å². The second-order valence-corrected chi connectivity index (χ2v) is 5.69. The topological polar surface area (TPSA) is 69.6 Å². The van der Waals surface area contributed by atoms with Crippen LogP contribution in [-0.4, -0.2) is 47.1 Å². The SMILES string of the molecule is CCC1CCN(C(=O)[C@@H]2CCCCN2)C(C(=O)O)C1. The Labute approximate surface area is 114 Å². The average molecular weight is 268 g/mol. The number of hydrogen-bond donors (Lipinski definition) is 2. The van der Waals surface area contributed by atoms with E-state index in [1.54, 1.807) is 4.90 Å². The summed E-state index contributed by atoms with van der Waals surface area (Å²) in [5.74, 6) is -0.437. The van der Waals surface area contributed by atoms with Crippen LogP contribution in [0.2, 0.25) is 0 Å². The lowest BCUT2D eigenvalue weighted by Crippen LogP contribution is -2.56. The summed E-state index contributed by atoms with van der Waals surface area (Å²) in [7, 11) is 0. The molecule has 2 aliphatic rings. The van der Waals surface area contributed by atoms with Gasteiger partial charge in [-0.1, -0.05) is 19.8 Å². The molecule has 2 saturated heterocycles. The van der Waals surface area contributed by atoms with Gasteiger partial charge in [0.05, 0.1) is 6.04 Å². The number of amides is 1. The fourth-order valence-electron chi connectivity index (χ4n) is 3.17. The standard InChI is InChI=1S/C14H24N2O3/c1-2-10-6-8-16(12(9-10)14(18)19)13(17)11-5-3-4-7-15-11/h10-12,15H,2-9H2,1H3,(H,18,19)/t10?,11-,12?/m0/s1. The van der Waals surface area contributed by atoms with Crippen molar-refractivity contribution < 1.29 is 14.7 Å². The molecule has 0 aromatic rings. The van der Waals surface area contributed by atoms with Crippen molar-refractivity contribution in [2.75, 3.05) is 13.1 Å². The molecule has 0 saturated carbocycles. The van der Waals surface area contributed by atoms with Crippen molar-refractivity contribution in [2.24, 2.45) is 5.92 Å². The molecule has 0 spiro atoms. The molecule has 1 amide bonds. The van der Waals surface area contributed by atoms with Gasteiger partial charge in [0, 0.05) is 6.54 Å². The first-order chi connectivity index (χ1) is 9.13. The van der Waals surface area contributed by atoms with Gasteiger partial charge in [-0.15, -0.1) is 0 Å². The summed E-state index contributed by atoms with van der Waals surface area (Å²) in [5.41, 5.74) is 0. The van der Waals surface area contributed by atoms with Crippen LogP contribution in [0.5, 0.6) is 0 Å². The zero-order valence-corrected chi connectivity index (χ0v) is 11.6. The molecule has 108 valence electrons. The van der Waals surface area contributed by atoms with Crippen molar-refractivity contribution in [3.05, 3.63) is 0 Å². The number of nitrogens with one attached hydrogen (secondary N) is 1. The molecule has 5 nitrogen and oxygen atoms in total. The summed E-state index contributed by atoms with van der Waals surface area (Å²) < 4.78 is 0. The Morgan fingerprint density at radius 2 is 2.11 bits per heavy atom. The van der Waals surface area contributed by atoms with Gasteiger partial charge in [0.25, 0.3) is 0 Å². The van der Waals surface area contributed by atoms with Crippen molar-refractivity contribution in [1.82, 2.24) is 10.2 Å². The largest absolute Gasteiger partial charge is 0.480 e. The summed E-state index contributed by atoms with van der Waals surface area (Å²) in [4.78, 5) is 25.5. The van der Waals surface area contributed by atoms with E-state index in [-0.39, 0.29) is 11.9 Å². The van der Waals surface area contributed by atoms with Crippen LogP contribution in [0, 0.1) is 5.92 Å². The highest BCUT2D eigenvalue weighted by Crippen LogP contribution is 2.26. The smallest absolute Gasteiger partial charge is 0.326 e. The lowest BCUT2D eigenvalue weighted by molar-refractivity contribution is -0.154. The van der Waals surface area contributed by atoms with Crippen LogP contribution >= 0.6 is 0 Å². The molecule has 2 heterocycles. The maximum Gasteiger partial charge on any atom is 0.326 e. The number of hydrogen-bond acceptors (Lipinski definition) is 3. The first kappa shape index (κ1) is 14.3. The quantitative estimate of drug-likeness (QED) is 0.807. The monoisotopic (exact) mass is 268 g/mol. The Kier molecular flexibility index (Phi) is 4.80. The fraction of sp³-hybridized carbons (Fsp3) is 0.857. The number of carbonyl (C=O) groups excluding carboxylic acids is 1. The Morgan fingerprint density at radius 3 is 2.68 bits per heavy atom. The van der Waals surface area contributed by atoms with Gasteiger partial charge in [-0.2, -0.15) is 0 Å². The van der Waals surface area contributed by atoms with Gasteiger partial charge in [0.2, 0.25) is 5.91 Å². The van der Waals surface area contributed by atoms with E-state index in [9.17, 15) is 14.7 Å². The molecule has 2 unspecified atom stereocenters. The van der Waals surface area contributed by atoms with E-state index < -0.39 is 12.0 Å². The molecular formula is C14H24N2O3. The molecule has 2 rings (SSSR count). The fourth-order valence-corrected chi connectivity index (χ4v) is 3.17. The van der Waals surface area contributed by atoms with Crippen LogP contribution < -0.4 is 5.32 Å². The third-order valence-corrected chi connectivity index (χ3v) is 4.46. The van der Waals surface area contributed by atoms with Gasteiger partial charge in [0.1, 0.15) is 6.04 Å². The highest BCUT2D eigenvalue weighted by atomic mass is 16.4. The van der Waals surface area contributed by atoms with E-state index in [1.165, 1.54) is 0 Å². The molecule has 0 bridgehead atoms. The molecule has 0 aromatic carbocycles. The number of aliphatic carboxylic acids is 1. The molecule has 5 heteroatoms. The van der Waals surface area contributed by atoms with Gasteiger partial charge in [-0.3, -0.25) is 4.79 Å². The average Bonchev–Trinajstić information content (AvgIpc) is 2.46. The van der Waals surface area contributed by atoms with Crippen molar-refractivity contribution in [2.45, 2.75) is 57.5 Å². The summed E-state index contributed by atoms with van der Waals surface area (Å²) in [6, 6.07) is -0.802. The zero-order valence-electron chi connectivity index (χ0n) is 11.6. The predicted molar refractivity (Wildman–Crippen MR) is 71.8 cm³/mol. The van der Waals surface area contributed by atoms with Crippen molar-refractivity contribution in [1.29, 1.82) is 0 Å². The maximum atomic E-state index is 12.5. The van der Waals surface area contributed by atoms with E-state index in [0.717, 1.165) is 38.6 Å². The molecule has 2 N–H and O–H groups in total. The summed E-state index contributed by atoms with van der Waals surface area (Å²) in [6.07, 6.45) is 5.51. The lowest BCUT2D eigenvalue weighted by Gasteiger charge is -2.39. The minimum absolute atomic E-state index is 0.0124. The molecular weight excluding hydrogens is 244 g/mol. The normalized spacial score (nSPS) is 32.1. The van der Waals surface area contributed by atoms with Gasteiger partial charge < -0.3 is 15.3 Å². The number of piperidine rings is 2. The van der Waals surface area contributed by atoms with E-state index in [0.29, 0.717) is 18.9 Å². The number of carboxylic acids is 1. The van der Waals surface area contributed by atoms with Gasteiger partial charge in [-0.25, -0.2) is 4.79 Å². The van der Waals surface area contributed by atoms with Gasteiger partial charge in [0.15, 0.2) is 0 Å². The van der Waals surface area contributed by atoms with Crippen LogP contribution in [0.25, 0.3) is 0 Å². The number of rotatable bonds is 3. The second-order valence-electron chi connectivity index (χ2n) is 5.69. The third-order valence-electron chi connectivity index (χ3n) is 4.46. The van der Waals surface area contributed by atoms with Crippen molar-refractivity contribution in [3.8, 4) is 0 Å². The van der Waals surface area contributed by atoms with Crippen molar-refractivity contribution >= 4 is 11.9 Å². The number of carboxylic acid groups (broad SMARTS) is 1. The molecule has 3 atom stereocenters. The first-order valence-corrected chi connectivity index (χ1v) is 7.40. The van der Waals surface area contributed by atoms with Crippen LogP contribution in [0.1, 0.15) is 45.4 Å². The summed E-state index contributed by atoms with van der Waals surface area (Å²) in [6.45, 7) is 3.54. The molecule has 19 heavy (non-hydrogen) atoms. The molecule has 2 aliphatic heterocycles. The first-order valence-electron chi connectivity index (χ1n) is 7.40. The highest BCUT2D eigenvalue weighted by molar-refractivity contribution is 5.87. The van der Waals surface area contributed by atoms with Crippen LogP contribution in [-0.2, 0) is 9.59 Å². The molecule has 0 aromatic heterocycles. The Morgan fingerprint density at radius 1 is 1.32 bits per heavy atom. The van der Waals surface area contributed by atoms with Crippen molar-refractivity contribution in [3.63, 3.8) is 0 Å². The van der Waals surface area contributed by atoms with Gasteiger partial charge in [-0.05, 0) is 38.1 Å². The predicted octanol–water partition coefficient (Wildman–Crippen LogP) is 1.23. The Balaban J connectivity index is 2.03. The minimum Gasteiger partial charge on any atom is -0.480 e. The second kappa shape index (κ2) is 6.37. The molecule has 2 fully saturated rings. The van der Waals surface area contributed by atoms with Crippen LogP contribution in [0.15, 0.2) is 0 Å². The number of likely N-dealkylation sites (tertiary alicyclic amines) is 1. The zero-order chi connectivity index (χ0) is 13.8. The number of nitrogens with zero attached hydrogens (tertiary/aromatic N) is 1. The van der Waals surface area contributed by atoms with E-state index in [4.69, 9.17) is 0 Å². The van der Waals surface area contributed by atoms with Crippen LogP contribution in [0.3, 0.4) is 0 Å².